The molecule has 1 aromatic heterocycles. The second kappa shape index (κ2) is 7.73. The molecule has 1 aliphatic heterocycles. The van der Waals surface area contributed by atoms with Gasteiger partial charge in [0.2, 0.25) is 0 Å². The average Bonchev–Trinajstić information content (AvgIpc) is 3.03. The molecule has 0 aliphatic carbocycles. The van der Waals surface area contributed by atoms with Gasteiger partial charge >= 0.3 is 5.97 Å². The molecular formula is C18H19ClN2O4S. The van der Waals surface area contributed by atoms with E-state index >= 15 is 0 Å². The van der Waals surface area contributed by atoms with Crippen molar-refractivity contribution in [1.82, 2.24) is 10.3 Å². The molecule has 2 aromatic rings. The lowest BCUT2D eigenvalue weighted by Crippen LogP contribution is -2.46. The maximum Gasteiger partial charge on any atom is 0.311 e. The number of carboxylic acids is 1. The first-order valence-corrected chi connectivity index (χ1v) is 9.43. The van der Waals surface area contributed by atoms with Crippen molar-refractivity contribution in [3.05, 3.63) is 39.9 Å². The van der Waals surface area contributed by atoms with E-state index < -0.39 is 11.4 Å². The maximum absolute atomic E-state index is 12.6. The van der Waals surface area contributed by atoms with E-state index in [0.717, 1.165) is 10.6 Å². The van der Waals surface area contributed by atoms with E-state index in [9.17, 15) is 14.7 Å². The van der Waals surface area contributed by atoms with Gasteiger partial charge in [-0.3, -0.25) is 9.59 Å². The predicted molar refractivity (Wildman–Crippen MR) is 99.8 cm³/mol. The number of carboxylic acid groups (broad SMARTS) is 1. The molecule has 2 heterocycles. The molecule has 0 unspecified atom stereocenters. The van der Waals surface area contributed by atoms with Gasteiger partial charge in [0.1, 0.15) is 9.88 Å². The van der Waals surface area contributed by atoms with Gasteiger partial charge in [-0.15, -0.1) is 11.3 Å². The van der Waals surface area contributed by atoms with Crippen LogP contribution in [0.1, 0.15) is 28.2 Å². The third kappa shape index (κ3) is 3.90. The Morgan fingerprint density at radius 2 is 1.96 bits per heavy atom. The average molecular weight is 395 g/mol. The number of amides is 1. The van der Waals surface area contributed by atoms with Gasteiger partial charge < -0.3 is 15.2 Å². The molecule has 6 nitrogen and oxygen atoms in total. The molecule has 0 spiro atoms. The quantitative estimate of drug-likeness (QED) is 0.811. The van der Waals surface area contributed by atoms with Crippen LogP contribution in [0.15, 0.2) is 24.3 Å². The Labute approximate surface area is 160 Å². The van der Waals surface area contributed by atoms with E-state index in [-0.39, 0.29) is 12.5 Å². The van der Waals surface area contributed by atoms with Crippen LogP contribution in [0.3, 0.4) is 0 Å². The number of aliphatic carboxylic acids is 1. The number of halogens is 1. The first kappa shape index (κ1) is 18.8. The fourth-order valence-electron chi connectivity index (χ4n) is 2.88. The summed E-state index contributed by atoms with van der Waals surface area (Å²) in [6, 6.07) is 7.25. The Balaban J connectivity index is 1.74. The number of carbonyl (C=O) groups is 2. The van der Waals surface area contributed by atoms with E-state index in [1.165, 1.54) is 11.3 Å². The highest BCUT2D eigenvalue weighted by Gasteiger charge is 2.40. The fraction of sp³-hybridized carbons (Fsp3) is 0.389. The van der Waals surface area contributed by atoms with Crippen LogP contribution in [-0.2, 0) is 9.53 Å². The van der Waals surface area contributed by atoms with Crippen molar-refractivity contribution in [2.45, 2.75) is 19.8 Å². The molecule has 1 aromatic carbocycles. The van der Waals surface area contributed by atoms with Crippen molar-refractivity contribution in [1.29, 1.82) is 0 Å². The standard InChI is InChI=1S/C18H19ClN2O4S/c1-11-14(26-16(21-11)12-2-4-13(19)5-3-12)15(22)20-10-18(17(23)24)6-8-25-9-7-18/h2-5H,6-10H2,1H3,(H,20,22)(H,23,24). The number of nitrogens with zero attached hydrogens (tertiary/aromatic N) is 1. The number of benzene rings is 1. The van der Waals surface area contributed by atoms with Crippen LogP contribution in [0, 0.1) is 12.3 Å². The monoisotopic (exact) mass is 394 g/mol. The molecule has 1 amide bonds. The second-order valence-electron chi connectivity index (χ2n) is 6.32. The summed E-state index contributed by atoms with van der Waals surface area (Å²) in [4.78, 5) is 29.2. The number of nitrogens with one attached hydrogen (secondary N) is 1. The normalized spacial score (nSPS) is 16.2. The predicted octanol–water partition coefficient (Wildman–Crippen LogP) is 3.38. The lowest BCUT2D eigenvalue weighted by atomic mass is 9.80. The van der Waals surface area contributed by atoms with Crippen LogP contribution in [0.25, 0.3) is 10.6 Å². The van der Waals surface area contributed by atoms with Gasteiger partial charge in [-0.25, -0.2) is 4.98 Å². The lowest BCUT2D eigenvalue weighted by Gasteiger charge is -2.33. The summed E-state index contributed by atoms with van der Waals surface area (Å²) in [5.74, 6) is -1.20. The summed E-state index contributed by atoms with van der Waals surface area (Å²) in [6.07, 6.45) is 0.778. The van der Waals surface area contributed by atoms with E-state index in [4.69, 9.17) is 16.3 Å². The minimum atomic E-state index is -0.967. The van der Waals surface area contributed by atoms with Crippen LogP contribution < -0.4 is 5.32 Å². The van der Waals surface area contributed by atoms with Gasteiger partial charge in [0.05, 0.1) is 11.1 Å². The molecule has 1 aliphatic rings. The summed E-state index contributed by atoms with van der Waals surface area (Å²) in [5.41, 5.74) is 0.535. The first-order chi connectivity index (χ1) is 12.4. The molecule has 1 saturated heterocycles. The Morgan fingerprint density at radius 3 is 2.58 bits per heavy atom. The summed E-state index contributed by atoms with van der Waals surface area (Å²) in [6.45, 7) is 2.63. The molecule has 138 valence electrons. The molecular weight excluding hydrogens is 376 g/mol. The lowest BCUT2D eigenvalue weighted by molar-refractivity contribution is -0.154. The highest BCUT2D eigenvalue weighted by molar-refractivity contribution is 7.17. The number of aromatic nitrogens is 1. The van der Waals surface area contributed by atoms with Gasteiger partial charge in [-0.05, 0) is 31.9 Å². The van der Waals surface area contributed by atoms with Crippen molar-refractivity contribution in [3.63, 3.8) is 0 Å². The molecule has 2 N–H and O–H groups in total. The maximum atomic E-state index is 12.6. The van der Waals surface area contributed by atoms with Crippen molar-refractivity contribution >= 4 is 34.8 Å². The largest absolute Gasteiger partial charge is 0.481 e. The second-order valence-corrected chi connectivity index (χ2v) is 7.76. The van der Waals surface area contributed by atoms with Crippen LogP contribution in [0.2, 0.25) is 5.02 Å². The Bertz CT molecular complexity index is 813. The van der Waals surface area contributed by atoms with Crippen LogP contribution >= 0.6 is 22.9 Å². The minimum absolute atomic E-state index is 0.0815. The molecule has 0 atom stereocenters. The number of thiazole rings is 1. The van der Waals surface area contributed by atoms with Crippen molar-refractivity contribution < 1.29 is 19.4 Å². The van der Waals surface area contributed by atoms with Gasteiger partial charge in [-0.2, -0.15) is 0 Å². The molecule has 0 saturated carbocycles. The molecule has 1 fully saturated rings. The molecule has 26 heavy (non-hydrogen) atoms. The SMILES string of the molecule is Cc1nc(-c2ccc(Cl)cc2)sc1C(=O)NCC1(C(=O)O)CCOCC1. The van der Waals surface area contributed by atoms with Gasteiger partial charge in [0.25, 0.3) is 5.91 Å². The van der Waals surface area contributed by atoms with E-state index in [1.54, 1.807) is 19.1 Å². The molecule has 8 heteroatoms. The van der Waals surface area contributed by atoms with Crippen molar-refractivity contribution in [2.24, 2.45) is 5.41 Å². The zero-order valence-corrected chi connectivity index (χ0v) is 15.8. The summed E-state index contributed by atoms with van der Waals surface area (Å²) >= 11 is 7.18. The minimum Gasteiger partial charge on any atom is -0.481 e. The van der Waals surface area contributed by atoms with Gasteiger partial charge in [0, 0.05) is 30.3 Å². The highest BCUT2D eigenvalue weighted by Crippen LogP contribution is 2.31. The summed E-state index contributed by atoms with van der Waals surface area (Å²) in [7, 11) is 0. The van der Waals surface area contributed by atoms with Crippen LogP contribution in [0.5, 0.6) is 0 Å². The number of ether oxygens (including phenoxy) is 1. The zero-order chi connectivity index (χ0) is 18.7. The third-order valence-electron chi connectivity index (χ3n) is 4.58. The van der Waals surface area contributed by atoms with Crippen LogP contribution in [0.4, 0.5) is 0 Å². The van der Waals surface area contributed by atoms with E-state index in [2.05, 4.69) is 10.3 Å². The van der Waals surface area contributed by atoms with Gasteiger partial charge in [-0.1, -0.05) is 23.7 Å². The smallest absolute Gasteiger partial charge is 0.311 e. The number of carbonyl (C=O) groups excluding carboxylic acids is 1. The Hall–Kier alpha value is -1.96. The fourth-order valence-corrected chi connectivity index (χ4v) is 4.00. The Kier molecular flexibility index (Phi) is 5.60. The molecule has 0 radical (unpaired) electrons. The van der Waals surface area contributed by atoms with E-state index in [0.29, 0.717) is 41.6 Å². The third-order valence-corrected chi connectivity index (χ3v) is 6.04. The number of hydrogen-bond donors (Lipinski definition) is 2. The number of aryl methyl sites for hydroxylation is 1. The first-order valence-electron chi connectivity index (χ1n) is 8.24. The topological polar surface area (TPSA) is 88.5 Å². The van der Waals surface area contributed by atoms with Gasteiger partial charge in [0.15, 0.2) is 0 Å². The number of hydrogen-bond acceptors (Lipinski definition) is 5. The van der Waals surface area contributed by atoms with Crippen molar-refractivity contribution in [2.75, 3.05) is 19.8 Å². The highest BCUT2D eigenvalue weighted by atomic mass is 35.5. The zero-order valence-electron chi connectivity index (χ0n) is 14.3. The summed E-state index contributed by atoms with van der Waals surface area (Å²) < 4.78 is 5.25. The van der Waals surface area contributed by atoms with E-state index in [1.807, 2.05) is 12.1 Å². The Morgan fingerprint density at radius 1 is 1.31 bits per heavy atom. The summed E-state index contributed by atoms with van der Waals surface area (Å²) in [5, 5.41) is 13.7. The number of rotatable bonds is 5. The van der Waals surface area contributed by atoms with Crippen molar-refractivity contribution in [3.8, 4) is 10.6 Å². The molecule has 3 rings (SSSR count). The van der Waals surface area contributed by atoms with Crippen LogP contribution in [-0.4, -0.2) is 41.7 Å². The molecule has 0 bridgehead atoms.